The Morgan fingerprint density at radius 2 is 2.24 bits per heavy atom. The highest BCUT2D eigenvalue weighted by atomic mass is 32.1. The molecule has 2 aromatic heterocycles. The topological polar surface area (TPSA) is 69.5 Å². The maximum atomic E-state index is 13.1. The van der Waals surface area contributed by atoms with Crippen LogP contribution in [0, 0.1) is 0 Å². The van der Waals surface area contributed by atoms with Crippen molar-refractivity contribution < 1.29 is 27.4 Å². The van der Waals surface area contributed by atoms with Gasteiger partial charge in [0, 0.05) is 25.9 Å². The van der Waals surface area contributed by atoms with Gasteiger partial charge in [0.25, 0.3) is 5.91 Å². The minimum Gasteiger partial charge on any atom is -0.406 e. The first kappa shape index (κ1) is 19.6. The Hall–Kier alpha value is -2.66. The fraction of sp³-hybridized carbons (Fsp3) is 0.389. The Bertz CT molecular complexity index is 1030. The van der Waals surface area contributed by atoms with Gasteiger partial charge in [0.1, 0.15) is 5.75 Å². The number of halogens is 3. The molecule has 154 valence electrons. The van der Waals surface area contributed by atoms with Crippen molar-refractivity contribution in [2.24, 2.45) is 7.05 Å². The number of rotatable bonds is 5. The Morgan fingerprint density at radius 3 is 2.90 bits per heavy atom. The third kappa shape index (κ3) is 4.51. The third-order valence-corrected chi connectivity index (χ3v) is 5.44. The molecule has 3 aromatic rings. The number of aromatic nitrogens is 3. The number of alkyl halides is 3. The molecule has 0 N–H and O–H groups in total. The number of hydrogen-bond acceptors (Lipinski definition) is 6. The average Bonchev–Trinajstić information content (AvgIpc) is 3.37. The number of hydrogen-bond donors (Lipinski definition) is 0. The normalized spacial score (nSPS) is 17.0. The van der Waals surface area contributed by atoms with Crippen LogP contribution in [0.15, 0.2) is 30.5 Å². The van der Waals surface area contributed by atoms with Gasteiger partial charge in [-0.3, -0.25) is 14.4 Å². The quantitative estimate of drug-likeness (QED) is 0.622. The molecule has 0 spiro atoms. The van der Waals surface area contributed by atoms with Gasteiger partial charge in [-0.15, -0.1) is 13.2 Å². The molecule has 0 aliphatic carbocycles. The van der Waals surface area contributed by atoms with Crippen molar-refractivity contribution in [1.82, 2.24) is 14.8 Å². The molecular weight excluding hydrogens is 409 g/mol. The second-order valence-electron chi connectivity index (χ2n) is 6.60. The molecule has 29 heavy (non-hydrogen) atoms. The van der Waals surface area contributed by atoms with Crippen LogP contribution in [-0.2, 0) is 11.8 Å². The van der Waals surface area contributed by atoms with E-state index in [1.54, 1.807) is 19.3 Å². The van der Waals surface area contributed by atoms with E-state index in [4.69, 9.17) is 4.74 Å². The van der Waals surface area contributed by atoms with Crippen molar-refractivity contribution in [3.05, 3.63) is 36.2 Å². The molecule has 11 heteroatoms. The molecule has 3 heterocycles. The zero-order valence-corrected chi connectivity index (χ0v) is 16.2. The predicted molar refractivity (Wildman–Crippen MR) is 100 cm³/mol. The Kier molecular flexibility index (Phi) is 5.17. The molecular formula is C18H17F3N4O3S. The zero-order chi connectivity index (χ0) is 20.6. The van der Waals surface area contributed by atoms with Crippen molar-refractivity contribution in [3.8, 4) is 5.75 Å². The lowest BCUT2D eigenvalue weighted by Gasteiger charge is -2.22. The van der Waals surface area contributed by atoms with Crippen LogP contribution in [0.25, 0.3) is 10.2 Å². The van der Waals surface area contributed by atoms with Gasteiger partial charge in [-0.25, -0.2) is 4.98 Å². The van der Waals surface area contributed by atoms with Gasteiger partial charge in [0.2, 0.25) is 0 Å². The van der Waals surface area contributed by atoms with Crippen molar-refractivity contribution in [3.63, 3.8) is 0 Å². The number of carbonyl (C=O) groups excluding carboxylic acids is 1. The van der Waals surface area contributed by atoms with E-state index < -0.39 is 6.36 Å². The van der Waals surface area contributed by atoms with Crippen LogP contribution < -0.4 is 9.64 Å². The lowest BCUT2D eigenvalue weighted by atomic mass is 10.2. The van der Waals surface area contributed by atoms with E-state index in [0.29, 0.717) is 28.5 Å². The van der Waals surface area contributed by atoms with Gasteiger partial charge < -0.3 is 9.47 Å². The summed E-state index contributed by atoms with van der Waals surface area (Å²) in [5, 5.41) is 4.53. The summed E-state index contributed by atoms with van der Waals surface area (Å²) in [4.78, 5) is 19.0. The van der Waals surface area contributed by atoms with Gasteiger partial charge >= 0.3 is 6.36 Å². The summed E-state index contributed by atoms with van der Waals surface area (Å²) >= 11 is 1.12. The molecule has 1 amide bonds. The van der Waals surface area contributed by atoms with Crippen LogP contribution >= 0.6 is 11.3 Å². The first-order valence-electron chi connectivity index (χ1n) is 8.88. The molecule has 0 saturated carbocycles. The van der Waals surface area contributed by atoms with Crippen LogP contribution in [0.4, 0.5) is 18.3 Å². The highest BCUT2D eigenvalue weighted by molar-refractivity contribution is 7.22. The average molecular weight is 426 g/mol. The number of nitrogens with zero attached hydrogens (tertiary/aromatic N) is 4. The van der Waals surface area contributed by atoms with E-state index in [1.165, 1.54) is 27.8 Å². The molecule has 1 saturated heterocycles. The van der Waals surface area contributed by atoms with Crippen LogP contribution in [0.3, 0.4) is 0 Å². The molecule has 1 atom stereocenters. The number of aryl methyl sites for hydroxylation is 1. The first-order valence-corrected chi connectivity index (χ1v) is 9.69. The van der Waals surface area contributed by atoms with Crippen LogP contribution in [0.5, 0.6) is 5.75 Å². The second kappa shape index (κ2) is 7.64. The molecule has 7 nitrogen and oxygen atoms in total. The third-order valence-electron chi connectivity index (χ3n) is 4.40. The number of thiazole rings is 1. The van der Waals surface area contributed by atoms with Crippen LogP contribution in [0.2, 0.25) is 0 Å². The van der Waals surface area contributed by atoms with Gasteiger partial charge in [0.05, 0.1) is 22.9 Å². The monoisotopic (exact) mass is 426 g/mol. The van der Waals surface area contributed by atoms with E-state index in [9.17, 15) is 18.0 Å². The maximum Gasteiger partial charge on any atom is 0.573 e. The van der Waals surface area contributed by atoms with Crippen LogP contribution in [-0.4, -0.2) is 46.3 Å². The van der Waals surface area contributed by atoms with Crippen LogP contribution in [0.1, 0.15) is 23.3 Å². The van der Waals surface area contributed by atoms with E-state index in [0.717, 1.165) is 24.2 Å². The summed E-state index contributed by atoms with van der Waals surface area (Å²) in [6.07, 6.45) is -1.51. The number of amides is 1. The van der Waals surface area contributed by atoms with Gasteiger partial charge in [-0.2, -0.15) is 5.10 Å². The van der Waals surface area contributed by atoms with Crippen molar-refractivity contribution in [1.29, 1.82) is 0 Å². The SMILES string of the molecule is Cn1ccc(C(=O)N(CC2CCCO2)c2nc3ccc(OC(F)(F)F)cc3s2)n1. The van der Waals surface area contributed by atoms with Crippen molar-refractivity contribution in [2.75, 3.05) is 18.1 Å². The fourth-order valence-corrected chi connectivity index (χ4v) is 4.11. The number of carbonyl (C=O) groups is 1. The lowest BCUT2D eigenvalue weighted by molar-refractivity contribution is -0.274. The molecule has 1 aliphatic rings. The molecule has 4 rings (SSSR count). The van der Waals surface area contributed by atoms with E-state index in [-0.39, 0.29) is 23.5 Å². The Morgan fingerprint density at radius 1 is 1.41 bits per heavy atom. The van der Waals surface area contributed by atoms with E-state index in [1.807, 2.05) is 0 Å². The molecule has 1 aliphatic heterocycles. The van der Waals surface area contributed by atoms with E-state index >= 15 is 0 Å². The highest BCUT2D eigenvalue weighted by Gasteiger charge is 2.32. The molecule has 1 unspecified atom stereocenters. The van der Waals surface area contributed by atoms with Crippen molar-refractivity contribution >= 4 is 32.6 Å². The minimum absolute atomic E-state index is 0.126. The summed E-state index contributed by atoms with van der Waals surface area (Å²) in [7, 11) is 1.71. The molecule has 0 bridgehead atoms. The summed E-state index contributed by atoms with van der Waals surface area (Å²) < 4.78 is 49.1. The van der Waals surface area contributed by atoms with Gasteiger partial charge in [-0.1, -0.05) is 11.3 Å². The standard InChI is InChI=1S/C18H17F3N4O3S/c1-24-7-6-14(23-24)16(26)25(10-12-3-2-8-27-12)17-22-13-5-4-11(9-15(13)29-17)28-18(19,20)21/h4-7,9,12H,2-3,8,10H2,1H3. The second-order valence-corrected chi connectivity index (χ2v) is 7.61. The van der Waals surface area contributed by atoms with Gasteiger partial charge in [-0.05, 0) is 31.0 Å². The predicted octanol–water partition coefficient (Wildman–Crippen LogP) is 3.75. The summed E-state index contributed by atoms with van der Waals surface area (Å²) in [5.74, 6) is -0.672. The summed E-state index contributed by atoms with van der Waals surface area (Å²) in [6.45, 7) is 0.926. The Labute approximate surface area is 167 Å². The van der Waals surface area contributed by atoms with Gasteiger partial charge in [0.15, 0.2) is 10.8 Å². The molecule has 0 radical (unpaired) electrons. The number of anilines is 1. The number of ether oxygens (including phenoxy) is 2. The van der Waals surface area contributed by atoms with E-state index in [2.05, 4.69) is 14.8 Å². The summed E-state index contributed by atoms with van der Waals surface area (Å²) in [5.41, 5.74) is 0.733. The summed E-state index contributed by atoms with van der Waals surface area (Å²) in [6, 6.07) is 5.50. The maximum absolute atomic E-state index is 13.1. The minimum atomic E-state index is -4.78. The highest BCUT2D eigenvalue weighted by Crippen LogP contribution is 2.34. The largest absolute Gasteiger partial charge is 0.573 e. The first-order chi connectivity index (χ1) is 13.8. The molecule has 1 fully saturated rings. The number of fused-ring (bicyclic) bond motifs is 1. The lowest BCUT2D eigenvalue weighted by Crippen LogP contribution is -2.37. The Balaban J connectivity index is 1.67. The zero-order valence-electron chi connectivity index (χ0n) is 15.3. The van der Waals surface area contributed by atoms with Crippen molar-refractivity contribution in [2.45, 2.75) is 25.3 Å². The smallest absolute Gasteiger partial charge is 0.406 e. The number of benzene rings is 1. The molecule has 1 aromatic carbocycles. The fourth-order valence-electron chi connectivity index (χ4n) is 3.11.